The molecule has 2 rings (SSSR count). The molecule has 1 aliphatic carbocycles. The number of thioether (sulfide) groups is 1. The molecular weight excluding hydrogens is 250 g/mol. The minimum Gasteiger partial charge on any atom is -0.313 e. The van der Waals surface area contributed by atoms with E-state index in [9.17, 15) is 0 Å². The summed E-state index contributed by atoms with van der Waals surface area (Å²) in [6.45, 7) is 4.10. The van der Waals surface area contributed by atoms with Crippen molar-refractivity contribution in [1.29, 1.82) is 0 Å². The summed E-state index contributed by atoms with van der Waals surface area (Å²) in [4.78, 5) is 1.37. The van der Waals surface area contributed by atoms with E-state index in [4.69, 9.17) is 11.6 Å². The lowest BCUT2D eigenvalue weighted by molar-refractivity contribution is 0.717. The third-order valence-electron chi connectivity index (χ3n) is 3.19. The summed E-state index contributed by atoms with van der Waals surface area (Å²) in [5.74, 6) is 0. The lowest BCUT2D eigenvalue weighted by Gasteiger charge is -2.14. The Bertz CT molecular complexity index is 361. The Morgan fingerprint density at radius 2 is 2.12 bits per heavy atom. The molecule has 1 aromatic rings. The van der Waals surface area contributed by atoms with Crippen LogP contribution in [0.25, 0.3) is 0 Å². The van der Waals surface area contributed by atoms with Crippen molar-refractivity contribution in [2.24, 2.45) is 0 Å². The van der Waals surface area contributed by atoms with Crippen LogP contribution >= 0.6 is 23.4 Å². The van der Waals surface area contributed by atoms with Crippen molar-refractivity contribution in [3.63, 3.8) is 0 Å². The van der Waals surface area contributed by atoms with Crippen LogP contribution in [0.1, 0.15) is 38.2 Å². The fourth-order valence-corrected chi connectivity index (χ4v) is 3.88. The van der Waals surface area contributed by atoms with Gasteiger partial charge < -0.3 is 5.32 Å². The van der Waals surface area contributed by atoms with E-state index in [0.29, 0.717) is 0 Å². The molecule has 1 aliphatic rings. The fourth-order valence-electron chi connectivity index (χ4n) is 2.23. The van der Waals surface area contributed by atoms with Gasteiger partial charge in [-0.1, -0.05) is 37.4 Å². The van der Waals surface area contributed by atoms with Crippen molar-refractivity contribution in [3.8, 4) is 0 Å². The van der Waals surface area contributed by atoms with Gasteiger partial charge >= 0.3 is 0 Å². The van der Waals surface area contributed by atoms with Gasteiger partial charge in [-0.05, 0) is 37.1 Å². The molecule has 17 heavy (non-hydrogen) atoms. The van der Waals surface area contributed by atoms with Crippen LogP contribution in [0.5, 0.6) is 0 Å². The van der Waals surface area contributed by atoms with Crippen LogP contribution < -0.4 is 5.32 Å². The minimum absolute atomic E-state index is 0.800. The second-order valence-corrected chi connectivity index (χ2v) is 6.34. The van der Waals surface area contributed by atoms with E-state index < -0.39 is 0 Å². The smallest absolute Gasteiger partial charge is 0.0417 e. The van der Waals surface area contributed by atoms with E-state index in [0.717, 1.165) is 23.4 Å². The van der Waals surface area contributed by atoms with Crippen LogP contribution in [0.3, 0.4) is 0 Å². The predicted molar refractivity (Wildman–Crippen MR) is 76.9 cm³/mol. The molecule has 0 saturated heterocycles. The van der Waals surface area contributed by atoms with Crippen LogP contribution in [0, 0.1) is 0 Å². The topological polar surface area (TPSA) is 12.0 Å². The molecule has 0 bridgehead atoms. The number of hydrogen-bond donors (Lipinski definition) is 1. The van der Waals surface area contributed by atoms with Crippen molar-refractivity contribution >= 4 is 23.4 Å². The van der Waals surface area contributed by atoms with E-state index in [2.05, 4.69) is 24.4 Å². The van der Waals surface area contributed by atoms with Crippen LogP contribution in [-0.4, -0.2) is 11.8 Å². The zero-order valence-corrected chi connectivity index (χ0v) is 11.9. The highest BCUT2D eigenvalue weighted by molar-refractivity contribution is 8.00. The van der Waals surface area contributed by atoms with Crippen LogP contribution in [0.4, 0.5) is 0 Å². The lowest BCUT2D eigenvalue weighted by atomic mass is 10.2. The SMILES string of the molecule is CCNCc1ccc(Cl)cc1SC1CCCC1. The molecule has 0 spiro atoms. The highest BCUT2D eigenvalue weighted by atomic mass is 35.5. The van der Waals surface area contributed by atoms with Gasteiger partial charge in [0.25, 0.3) is 0 Å². The fraction of sp³-hybridized carbons (Fsp3) is 0.571. The molecule has 1 fully saturated rings. The van der Waals surface area contributed by atoms with Gasteiger partial charge in [0.05, 0.1) is 0 Å². The second kappa shape index (κ2) is 6.67. The summed E-state index contributed by atoms with van der Waals surface area (Å²) in [6, 6.07) is 6.27. The summed E-state index contributed by atoms with van der Waals surface area (Å²) in [5, 5.41) is 5.05. The van der Waals surface area contributed by atoms with E-state index >= 15 is 0 Å². The molecule has 0 heterocycles. The van der Waals surface area contributed by atoms with Crippen LogP contribution in [-0.2, 0) is 6.54 Å². The third kappa shape index (κ3) is 3.90. The molecule has 0 aromatic heterocycles. The summed E-state index contributed by atoms with van der Waals surface area (Å²) in [7, 11) is 0. The Morgan fingerprint density at radius 3 is 2.82 bits per heavy atom. The molecule has 94 valence electrons. The van der Waals surface area contributed by atoms with Gasteiger partial charge in [0.2, 0.25) is 0 Å². The van der Waals surface area contributed by atoms with Gasteiger partial charge in [0.1, 0.15) is 0 Å². The monoisotopic (exact) mass is 269 g/mol. The maximum absolute atomic E-state index is 6.10. The van der Waals surface area contributed by atoms with Crippen molar-refractivity contribution in [2.75, 3.05) is 6.54 Å². The van der Waals surface area contributed by atoms with Gasteiger partial charge in [-0.3, -0.25) is 0 Å². The Hall–Kier alpha value is -0.180. The molecule has 0 radical (unpaired) electrons. The van der Waals surface area contributed by atoms with Crippen LogP contribution in [0.2, 0.25) is 5.02 Å². The average molecular weight is 270 g/mol. The molecule has 1 saturated carbocycles. The largest absolute Gasteiger partial charge is 0.313 e. The van der Waals surface area contributed by atoms with Gasteiger partial charge in [0, 0.05) is 21.7 Å². The quantitative estimate of drug-likeness (QED) is 0.846. The number of hydrogen-bond acceptors (Lipinski definition) is 2. The van der Waals surface area contributed by atoms with Crippen molar-refractivity contribution in [1.82, 2.24) is 5.32 Å². The van der Waals surface area contributed by atoms with Gasteiger partial charge in [0.15, 0.2) is 0 Å². The molecule has 0 amide bonds. The van der Waals surface area contributed by atoms with Crippen molar-refractivity contribution < 1.29 is 0 Å². The Labute approximate surface area is 113 Å². The number of halogens is 1. The van der Waals surface area contributed by atoms with Gasteiger partial charge in [-0.15, -0.1) is 11.8 Å². The van der Waals surface area contributed by atoms with Gasteiger partial charge in [-0.2, -0.15) is 0 Å². The molecular formula is C14H20ClNS. The minimum atomic E-state index is 0.800. The Balaban J connectivity index is 2.08. The predicted octanol–water partition coefficient (Wildman–Crippen LogP) is 4.48. The lowest BCUT2D eigenvalue weighted by Crippen LogP contribution is -2.12. The van der Waals surface area contributed by atoms with Gasteiger partial charge in [-0.25, -0.2) is 0 Å². The zero-order valence-electron chi connectivity index (χ0n) is 10.3. The summed E-state index contributed by atoms with van der Waals surface area (Å²) in [6.07, 6.45) is 5.50. The normalized spacial score (nSPS) is 16.6. The first-order chi connectivity index (χ1) is 8.29. The molecule has 0 unspecified atom stereocenters. The maximum atomic E-state index is 6.10. The average Bonchev–Trinajstić information content (AvgIpc) is 2.81. The molecule has 3 heteroatoms. The molecule has 0 aliphatic heterocycles. The highest BCUT2D eigenvalue weighted by Gasteiger charge is 2.17. The Morgan fingerprint density at radius 1 is 1.35 bits per heavy atom. The van der Waals surface area contributed by atoms with E-state index in [1.165, 1.54) is 36.1 Å². The summed E-state index contributed by atoms with van der Waals surface area (Å²) in [5.41, 5.74) is 1.38. The molecule has 1 nitrogen and oxygen atoms in total. The summed E-state index contributed by atoms with van der Waals surface area (Å²) >= 11 is 8.12. The number of rotatable bonds is 5. The van der Waals surface area contributed by atoms with E-state index in [1.54, 1.807) is 0 Å². The Kier molecular flexibility index (Phi) is 5.20. The zero-order chi connectivity index (χ0) is 12.1. The van der Waals surface area contributed by atoms with Crippen molar-refractivity contribution in [3.05, 3.63) is 28.8 Å². The van der Waals surface area contributed by atoms with Crippen molar-refractivity contribution in [2.45, 2.75) is 49.3 Å². The first-order valence-electron chi connectivity index (χ1n) is 6.45. The third-order valence-corrected chi connectivity index (χ3v) is 4.86. The van der Waals surface area contributed by atoms with E-state index in [1.807, 2.05) is 17.8 Å². The first kappa shape index (κ1) is 13.3. The maximum Gasteiger partial charge on any atom is 0.0417 e. The summed E-state index contributed by atoms with van der Waals surface area (Å²) < 4.78 is 0. The molecule has 1 aromatic carbocycles. The molecule has 1 N–H and O–H groups in total. The van der Waals surface area contributed by atoms with E-state index in [-0.39, 0.29) is 0 Å². The first-order valence-corrected chi connectivity index (χ1v) is 7.71. The highest BCUT2D eigenvalue weighted by Crippen LogP contribution is 2.37. The standard InChI is InChI=1S/C14H20ClNS/c1-2-16-10-11-7-8-12(15)9-14(11)17-13-5-3-4-6-13/h7-9,13,16H,2-6,10H2,1H3. The molecule has 0 atom stereocenters. The van der Waals surface area contributed by atoms with Crippen LogP contribution in [0.15, 0.2) is 23.1 Å². The number of nitrogens with one attached hydrogen (secondary N) is 1. The number of benzene rings is 1. The second-order valence-electron chi connectivity index (χ2n) is 4.56.